The zero-order chi connectivity index (χ0) is 26.6. The largest absolute Gasteiger partial charge is 0.375 e. The second-order valence-corrected chi connectivity index (χ2v) is 10.7. The minimum atomic E-state index is -0.704. The summed E-state index contributed by atoms with van der Waals surface area (Å²) in [6.45, 7) is 1.29. The highest BCUT2D eigenvalue weighted by molar-refractivity contribution is 7.22. The van der Waals surface area contributed by atoms with Crippen molar-refractivity contribution in [2.45, 2.75) is 31.7 Å². The fourth-order valence-corrected chi connectivity index (χ4v) is 6.37. The second kappa shape index (κ2) is 9.42. The number of nitrogens with two attached hydrogens (primary N) is 1. The molecule has 4 heterocycles. The van der Waals surface area contributed by atoms with Gasteiger partial charge < -0.3 is 26.3 Å². The zero-order valence-electron chi connectivity index (χ0n) is 21.1. The van der Waals surface area contributed by atoms with Gasteiger partial charge in [-0.2, -0.15) is 5.01 Å². The first-order valence-corrected chi connectivity index (χ1v) is 13.2. The Labute approximate surface area is 223 Å². The van der Waals surface area contributed by atoms with Gasteiger partial charge in [0.15, 0.2) is 5.13 Å². The van der Waals surface area contributed by atoms with Crippen LogP contribution in [0.4, 0.5) is 15.6 Å². The Hall–Kier alpha value is -3.94. The molecule has 0 saturated carbocycles. The van der Waals surface area contributed by atoms with Crippen LogP contribution in [0.1, 0.15) is 16.7 Å². The molecule has 0 radical (unpaired) electrons. The molecule has 0 aliphatic carbocycles. The van der Waals surface area contributed by atoms with E-state index in [1.807, 2.05) is 30.3 Å². The number of anilines is 2. The van der Waals surface area contributed by atoms with Gasteiger partial charge in [-0.15, -0.1) is 0 Å². The van der Waals surface area contributed by atoms with Gasteiger partial charge in [-0.3, -0.25) is 14.6 Å². The topological polar surface area (TPSA) is 139 Å². The second-order valence-electron chi connectivity index (χ2n) is 9.68. The lowest BCUT2D eigenvalue weighted by Crippen LogP contribution is -2.65. The van der Waals surface area contributed by atoms with Gasteiger partial charge in [0.05, 0.1) is 29.0 Å². The van der Waals surface area contributed by atoms with Crippen molar-refractivity contribution in [1.29, 1.82) is 0 Å². The van der Waals surface area contributed by atoms with Crippen LogP contribution in [-0.4, -0.2) is 82.0 Å². The molecule has 6 rings (SSSR count). The normalized spacial score (nSPS) is 21.0. The van der Waals surface area contributed by atoms with Gasteiger partial charge in [0.25, 0.3) is 0 Å². The fourth-order valence-electron chi connectivity index (χ4n) is 5.58. The van der Waals surface area contributed by atoms with Crippen molar-refractivity contribution in [3.05, 3.63) is 53.1 Å². The maximum atomic E-state index is 14.0. The Bertz CT molecular complexity index is 1440. The number of aromatic nitrogens is 1. The van der Waals surface area contributed by atoms with E-state index in [9.17, 15) is 14.4 Å². The number of nitrogens with zero attached hydrogens (tertiary/aromatic N) is 5. The highest BCUT2D eigenvalue weighted by Crippen LogP contribution is 2.32. The highest BCUT2D eigenvalue weighted by Gasteiger charge is 2.51. The minimum Gasteiger partial charge on any atom is -0.375 e. The van der Waals surface area contributed by atoms with Crippen LogP contribution in [-0.2, 0) is 29.1 Å². The molecule has 0 spiro atoms. The summed E-state index contributed by atoms with van der Waals surface area (Å²) < 4.78 is 0.958. The van der Waals surface area contributed by atoms with Crippen LogP contribution in [0.2, 0.25) is 0 Å². The molecule has 13 heteroatoms. The summed E-state index contributed by atoms with van der Waals surface area (Å²) in [5, 5.41) is 6.23. The van der Waals surface area contributed by atoms with Crippen LogP contribution in [0.5, 0.6) is 0 Å². The van der Waals surface area contributed by atoms with Crippen molar-refractivity contribution >= 4 is 50.2 Å². The van der Waals surface area contributed by atoms with E-state index in [0.717, 1.165) is 32.6 Å². The summed E-state index contributed by atoms with van der Waals surface area (Å²) in [4.78, 5) is 47.7. The highest BCUT2D eigenvalue weighted by atomic mass is 32.1. The molecule has 1 aromatic heterocycles. The summed E-state index contributed by atoms with van der Waals surface area (Å²) in [5.74, 6) is -0.307. The van der Waals surface area contributed by atoms with E-state index in [4.69, 9.17) is 5.73 Å². The number of carbonyl (C=O) groups is 3. The lowest BCUT2D eigenvalue weighted by Gasteiger charge is -2.45. The molecule has 3 aliphatic rings. The number of piperazine rings is 1. The number of nitrogens with one attached hydrogen (secondary N) is 3. The molecule has 2 aromatic carbocycles. The first kappa shape index (κ1) is 24.4. The summed E-state index contributed by atoms with van der Waals surface area (Å²) in [6.07, 6.45) is -0.110. The number of fused-ring (bicyclic) bond motifs is 3. The SMILES string of the molecule is CNC(=O)N(C)N1CC(=O)N2[C@@H](Cc3ccc4c(c3)CNN4)C(=O)N(Cc3cccc4sc(N)nc34)C[C@@H]21. The molecule has 5 N–H and O–H groups in total. The molecule has 2 saturated heterocycles. The molecule has 198 valence electrons. The number of urea groups is 1. The molecule has 3 aromatic rings. The zero-order valence-corrected chi connectivity index (χ0v) is 21.9. The van der Waals surface area contributed by atoms with Gasteiger partial charge in [0, 0.05) is 33.6 Å². The maximum Gasteiger partial charge on any atom is 0.331 e. The average molecular weight is 536 g/mol. The van der Waals surface area contributed by atoms with E-state index in [1.54, 1.807) is 28.9 Å². The monoisotopic (exact) mass is 535 g/mol. The Morgan fingerprint density at radius 2 is 2.13 bits per heavy atom. The van der Waals surface area contributed by atoms with Gasteiger partial charge in [0.1, 0.15) is 12.2 Å². The molecule has 38 heavy (non-hydrogen) atoms. The fraction of sp³-hybridized carbons (Fsp3) is 0.360. The van der Waals surface area contributed by atoms with E-state index < -0.39 is 12.2 Å². The van der Waals surface area contributed by atoms with Crippen molar-refractivity contribution < 1.29 is 14.4 Å². The predicted octanol–water partition coefficient (Wildman–Crippen LogP) is 0.919. The number of carbonyl (C=O) groups excluding carboxylic acids is 3. The number of hydrazine groups is 2. The Morgan fingerprint density at radius 3 is 2.95 bits per heavy atom. The number of hydrogen-bond donors (Lipinski definition) is 4. The summed E-state index contributed by atoms with van der Waals surface area (Å²) in [5.41, 5.74) is 16.9. The molecule has 12 nitrogen and oxygen atoms in total. The average Bonchev–Trinajstić information content (AvgIpc) is 3.61. The lowest BCUT2D eigenvalue weighted by atomic mass is 9.98. The molecular formula is C25H29N9O3S. The number of nitrogen functional groups attached to an aromatic ring is 1. The van der Waals surface area contributed by atoms with Gasteiger partial charge >= 0.3 is 6.03 Å². The van der Waals surface area contributed by atoms with E-state index in [0.29, 0.717) is 24.6 Å². The molecular weight excluding hydrogens is 506 g/mol. The predicted molar refractivity (Wildman–Crippen MR) is 143 cm³/mol. The van der Waals surface area contributed by atoms with Crippen molar-refractivity contribution in [2.24, 2.45) is 0 Å². The molecule has 2 fully saturated rings. The van der Waals surface area contributed by atoms with E-state index >= 15 is 0 Å². The number of benzene rings is 2. The van der Waals surface area contributed by atoms with E-state index in [1.165, 1.54) is 16.3 Å². The van der Waals surface area contributed by atoms with Crippen LogP contribution >= 0.6 is 11.3 Å². The smallest absolute Gasteiger partial charge is 0.331 e. The van der Waals surface area contributed by atoms with Gasteiger partial charge in [-0.25, -0.2) is 15.2 Å². The van der Waals surface area contributed by atoms with Crippen molar-refractivity contribution in [1.82, 2.24) is 35.5 Å². The van der Waals surface area contributed by atoms with Gasteiger partial charge in [0.2, 0.25) is 11.8 Å². The molecule has 0 unspecified atom stereocenters. The molecule has 3 aliphatic heterocycles. The van der Waals surface area contributed by atoms with Crippen molar-refractivity contribution in [3.63, 3.8) is 0 Å². The number of thiazole rings is 1. The third-order valence-corrected chi connectivity index (χ3v) is 8.29. The summed E-state index contributed by atoms with van der Waals surface area (Å²) in [6, 6.07) is 10.8. The van der Waals surface area contributed by atoms with Gasteiger partial charge in [-0.1, -0.05) is 35.6 Å². The number of amides is 4. The third kappa shape index (κ3) is 4.08. The molecule has 0 bridgehead atoms. The number of hydrogen-bond acceptors (Lipinski definition) is 9. The maximum absolute atomic E-state index is 14.0. The Kier molecular flexibility index (Phi) is 6.05. The van der Waals surface area contributed by atoms with Crippen LogP contribution < -0.4 is 21.9 Å². The number of rotatable bonds is 5. The van der Waals surface area contributed by atoms with Crippen LogP contribution in [0.15, 0.2) is 36.4 Å². The first-order valence-electron chi connectivity index (χ1n) is 12.4. The van der Waals surface area contributed by atoms with Crippen LogP contribution in [0, 0.1) is 0 Å². The lowest BCUT2D eigenvalue weighted by molar-refractivity contribution is -0.157. The third-order valence-electron chi connectivity index (χ3n) is 7.44. The van der Waals surface area contributed by atoms with Crippen LogP contribution in [0.3, 0.4) is 0 Å². The standard InChI is InChI=1S/C25H29N9O3S/c1-27-25(37)31(2)33-13-21(35)34-18(9-14-6-7-17-16(8-14)10-28-30-17)23(36)32(12-20(33)34)11-15-4-3-5-19-22(15)29-24(26)38-19/h3-8,18,20,28,30H,9-13H2,1-2H3,(H2,26,29)(H,27,37)/t18-,20+/m0/s1. The van der Waals surface area contributed by atoms with E-state index in [2.05, 4.69) is 27.2 Å². The van der Waals surface area contributed by atoms with Crippen molar-refractivity contribution in [3.8, 4) is 0 Å². The van der Waals surface area contributed by atoms with Crippen LogP contribution in [0.25, 0.3) is 10.2 Å². The molecule has 2 atom stereocenters. The Balaban J connectivity index is 1.35. The van der Waals surface area contributed by atoms with Gasteiger partial charge in [-0.05, 0) is 28.8 Å². The minimum absolute atomic E-state index is 0.0163. The quantitative estimate of drug-likeness (QED) is 0.378. The number of para-hydroxylation sites is 1. The summed E-state index contributed by atoms with van der Waals surface area (Å²) in [7, 11) is 3.18. The van der Waals surface area contributed by atoms with E-state index in [-0.39, 0.29) is 30.9 Å². The summed E-state index contributed by atoms with van der Waals surface area (Å²) >= 11 is 1.41. The molecule has 4 amide bonds. The first-order chi connectivity index (χ1) is 18.3. The Morgan fingerprint density at radius 1 is 1.29 bits per heavy atom. The van der Waals surface area contributed by atoms with Crippen molar-refractivity contribution in [2.75, 3.05) is 38.3 Å².